The third-order valence-corrected chi connectivity index (χ3v) is 3.85. The lowest BCUT2D eigenvalue weighted by Crippen LogP contribution is -2.48. The van der Waals surface area contributed by atoms with Crippen LogP contribution in [-0.4, -0.2) is 28.6 Å². The summed E-state index contributed by atoms with van der Waals surface area (Å²) >= 11 is 6.17. The van der Waals surface area contributed by atoms with Crippen LogP contribution in [-0.2, 0) is 19.7 Å². The Bertz CT molecular complexity index is 670. The number of aliphatic carboxylic acids is 1. The van der Waals surface area contributed by atoms with E-state index in [2.05, 4.69) is 5.32 Å². The molecule has 0 bridgehead atoms. The van der Waals surface area contributed by atoms with Gasteiger partial charge in [0, 0.05) is 23.6 Å². The number of halogens is 1. The second-order valence-corrected chi connectivity index (χ2v) is 7.01. The Labute approximate surface area is 138 Å². The van der Waals surface area contributed by atoms with Crippen LogP contribution in [0, 0.1) is 0 Å². The molecule has 0 saturated heterocycles. The van der Waals surface area contributed by atoms with E-state index in [9.17, 15) is 19.5 Å². The molecule has 2 N–H and O–H groups in total. The van der Waals surface area contributed by atoms with E-state index in [1.54, 1.807) is 26.8 Å². The minimum atomic E-state index is -1.27. The molecule has 1 aromatic carbocycles. The normalized spacial score (nSPS) is 16.4. The van der Waals surface area contributed by atoms with Gasteiger partial charge < -0.3 is 9.84 Å². The zero-order chi connectivity index (χ0) is 17.4. The average molecular weight is 340 g/mol. The lowest BCUT2D eigenvalue weighted by atomic mass is 9.63. The van der Waals surface area contributed by atoms with E-state index < -0.39 is 23.1 Å². The van der Waals surface area contributed by atoms with Gasteiger partial charge >= 0.3 is 12.1 Å². The maximum atomic E-state index is 11.7. The molecule has 0 atom stereocenters. The lowest BCUT2D eigenvalue weighted by Gasteiger charge is -2.37. The van der Waals surface area contributed by atoms with Gasteiger partial charge in [0.1, 0.15) is 16.8 Å². The van der Waals surface area contributed by atoms with E-state index in [1.165, 1.54) is 12.1 Å². The molecule has 0 heterocycles. The van der Waals surface area contributed by atoms with Gasteiger partial charge in [-0.05, 0) is 38.5 Å². The predicted molar refractivity (Wildman–Crippen MR) is 84.9 cm³/mol. The molecular weight excluding hydrogens is 322 g/mol. The van der Waals surface area contributed by atoms with E-state index in [-0.39, 0.29) is 23.6 Å². The van der Waals surface area contributed by atoms with Gasteiger partial charge in [-0.25, -0.2) is 4.79 Å². The third kappa shape index (κ3) is 3.64. The summed E-state index contributed by atoms with van der Waals surface area (Å²) in [5.41, 5.74) is -1.13. The first kappa shape index (κ1) is 17.3. The van der Waals surface area contributed by atoms with Crippen molar-refractivity contribution in [2.75, 3.05) is 5.32 Å². The predicted octanol–water partition coefficient (Wildman–Crippen LogP) is 3.37. The molecule has 0 spiro atoms. The number of benzene rings is 1. The first-order valence-electron chi connectivity index (χ1n) is 7.09. The number of ketones is 1. The van der Waals surface area contributed by atoms with Gasteiger partial charge in [0.15, 0.2) is 0 Å². The molecule has 1 aliphatic carbocycles. The van der Waals surface area contributed by atoms with Crippen molar-refractivity contribution in [1.82, 2.24) is 0 Å². The number of hydrogen-bond acceptors (Lipinski definition) is 4. The summed E-state index contributed by atoms with van der Waals surface area (Å²) in [5, 5.41) is 12.1. The highest BCUT2D eigenvalue weighted by Gasteiger charge is 2.52. The van der Waals surface area contributed by atoms with Gasteiger partial charge in [-0.3, -0.25) is 14.9 Å². The number of anilines is 1. The van der Waals surface area contributed by atoms with Crippen LogP contribution in [0.25, 0.3) is 0 Å². The highest BCUT2D eigenvalue weighted by atomic mass is 35.5. The lowest BCUT2D eigenvalue weighted by molar-refractivity contribution is -0.153. The van der Waals surface area contributed by atoms with E-state index in [0.717, 1.165) is 0 Å². The number of rotatable bonds is 3. The first-order chi connectivity index (χ1) is 10.5. The maximum absolute atomic E-state index is 11.7. The van der Waals surface area contributed by atoms with Crippen molar-refractivity contribution in [1.29, 1.82) is 0 Å². The molecule has 7 heteroatoms. The third-order valence-electron chi connectivity index (χ3n) is 3.54. The van der Waals surface area contributed by atoms with Gasteiger partial charge in [-0.1, -0.05) is 17.7 Å². The molecule has 1 aliphatic rings. The maximum Gasteiger partial charge on any atom is 0.412 e. The van der Waals surface area contributed by atoms with Crippen molar-refractivity contribution in [2.45, 2.75) is 44.6 Å². The van der Waals surface area contributed by atoms with Crippen LogP contribution in [0.2, 0.25) is 5.02 Å². The molecule has 0 aliphatic heterocycles. The minimum absolute atomic E-state index is 0.0686. The van der Waals surface area contributed by atoms with Crippen LogP contribution < -0.4 is 5.32 Å². The molecule has 0 radical (unpaired) electrons. The van der Waals surface area contributed by atoms with Crippen molar-refractivity contribution in [3.8, 4) is 0 Å². The number of carbonyl (C=O) groups excluding carboxylic acids is 2. The van der Waals surface area contributed by atoms with Crippen molar-refractivity contribution in [2.24, 2.45) is 0 Å². The molecule has 0 aromatic heterocycles. The number of carbonyl (C=O) groups is 3. The molecule has 1 fully saturated rings. The highest BCUT2D eigenvalue weighted by molar-refractivity contribution is 6.32. The summed E-state index contributed by atoms with van der Waals surface area (Å²) in [6.45, 7) is 5.23. The number of hydrogen-bond donors (Lipinski definition) is 2. The SMILES string of the molecule is CC(C)(C)OC(=O)Nc1ccc(C2(C(=O)O)CC(=O)C2)c(Cl)c1. The van der Waals surface area contributed by atoms with Gasteiger partial charge in [-0.15, -0.1) is 0 Å². The number of carboxylic acid groups (broad SMARTS) is 1. The van der Waals surface area contributed by atoms with Crippen LogP contribution in [0.5, 0.6) is 0 Å². The Morgan fingerprint density at radius 1 is 1.30 bits per heavy atom. The molecular formula is C16H18ClNO5. The van der Waals surface area contributed by atoms with Crippen LogP contribution in [0.3, 0.4) is 0 Å². The Morgan fingerprint density at radius 2 is 1.91 bits per heavy atom. The minimum Gasteiger partial charge on any atom is -0.481 e. The van der Waals surface area contributed by atoms with Gasteiger partial charge in [0.2, 0.25) is 0 Å². The molecule has 6 nitrogen and oxygen atoms in total. The molecule has 23 heavy (non-hydrogen) atoms. The van der Waals surface area contributed by atoms with Crippen LogP contribution in [0.4, 0.5) is 10.5 Å². The van der Waals surface area contributed by atoms with Crippen LogP contribution in [0.15, 0.2) is 18.2 Å². The zero-order valence-corrected chi connectivity index (χ0v) is 13.9. The van der Waals surface area contributed by atoms with Crippen LogP contribution >= 0.6 is 11.6 Å². The summed E-state index contributed by atoms with van der Waals surface area (Å²) < 4.78 is 5.13. The number of amides is 1. The summed E-state index contributed by atoms with van der Waals surface area (Å²) in [6.07, 6.45) is -0.769. The quantitative estimate of drug-likeness (QED) is 0.880. The van der Waals surface area contributed by atoms with Gasteiger partial charge in [0.05, 0.1) is 0 Å². The Hall–Kier alpha value is -2.08. The summed E-state index contributed by atoms with van der Waals surface area (Å²) in [4.78, 5) is 34.5. The van der Waals surface area contributed by atoms with E-state index in [4.69, 9.17) is 16.3 Å². The zero-order valence-electron chi connectivity index (χ0n) is 13.1. The number of Topliss-reactive ketones (excluding diaryl/α,β-unsaturated/α-hetero) is 1. The molecule has 2 rings (SSSR count). The van der Waals surface area contributed by atoms with Crippen molar-refractivity contribution in [3.05, 3.63) is 28.8 Å². The Balaban J connectivity index is 2.20. The van der Waals surface area contributed by atoms with Crippen molar-refractivity contribution >= 4 is 35.1 Å². The van der Waals surface area contributed by atoms with Crippen molar-refractivity contribution in [3.63, 3.8) is 0 Å². The topological polar surface area (TPSA) is 92.7 Å². The summed E-state index contributed by atoms with van der Waals surface area (Å²) in [5.74, 6) is -1.19. The highest BCUT2D eigenvalue weighted by Crippen LogP contribution is 2.45. The second kappa shape index (κ2) is 5.85. The molecule has 124 valence electrons. The van der Waals surface area contributed by atoms with E-state index >= 15 is 0 Å². The Morgan fingerprint density at radius 3 is 2.35 bits per heavy atom. The number of ether oxygens (including phenoxy) is 1. The first-order valence-corrected chi connectivity index (χ1v) is 7.46. The van der Waals surface area contributed by atoms with Crippen LogP contribution in [0.1, 0.15) is 39.2 Å². The van der Waals surface area contributed by atoms with E-state index in [0.29, 0.717) is 11.3 Å². The Kier molecular flexibility index (Phi) is 4.39. The van der Waals surface area contributed by atoms with Gasteiger partial charge in [0.25, 0.3) is 0 Å². The average Bonchev–Trinajstić information content (AvgIpc) is 2.32. The largest absolute Gasteiger partial charge is 0.481 e. The van der Waals surface area contributed by atoms with Gasteiger partial charge in [-0.2, -0.15) is 0 Å². The fourth-order valence-electron chi connectivity index (χ4n) is 2.48. The van der Waals surface area contributed by atoms with Crippen molar-refractivity contribution < 1.29 is 24.2 Å². The second-order valence-electron chi connectivity index (χ2n) is 6.60. The summed E-state index contributed by atoms with van der Waals surface area (Å²) in [6, 6.07) is 4.52. The number of carboxylic acids is 1. The summed E-state index contributed by atoms with van der Waals surface area (Å²) in [7, 11) is 0. The monoisotopic (exact) mass is 339 g/mol. The molecule has 1 saturated carbocycles. The molecule has 0 unspecified atom stereocenters. The fourth-order valence-corrected chi connectivity index (χ4v) is 2.84. The molecule has 1 amide bonds. The smallest absolute Gasteiger partial charge is 0.412 e. The fraction of sp³-hybridized carbons (Fsp3) is 0.438. The standard InChI is InChI=1S/C16H18ClNO5/c1-15(2,3)23-14(22)18-9-4-5-11(12(17)6-9)16(13(20)21)7-10(19)8-16/h4-6H,7-8H2,1-3H3,(H,18,22)(H,20,21). The molecule has 1 aromatic rings. The number of nitrogens with one attached hydrogen (secondary N) is 1. The van der Waals surface area contributed by atoms with E-state index in [1.807, 2.05) is 0 Å².